The minimum Gasteiger partial charge on any atom is -0.479 e. The smallest absolute Gasteiger partial charge is 0.340 e. The second-order valence-corrected chi connectivity index (χ2v) is 9.75. The van der Waals surface area contributed by atoms with Crippen molar-refractivity contribution in [3.63, 3.8) is 0 Å². The number of methoxy groups -OCH3 is 1. The highest BCUT2D eigenvalue weighted by molar-refractivity contribution is 7.87. The Bertz CT molecular complexity index is 1590. The van der Waals surface area contributed by atoms with Gasteiger partial charge >= 0.3 is 16.2 Å². The normalized spacial score (nSPS) is 11.6. The Kier molecular flexibility index (Phi) is 6.18. The van der Waals surface area contributed by atoms with Crippen LogP contribution in [0.1, 0.15) is 10.4 Å². The molecule has 0 bridgehead atoms. The maximum atomic E-state index is 13.4. The van der Waals surface area contributed by atoms with Crippen molar-refractivity contribution in [2.24, 2.45) is 0 Å². The highest BCUT2D eigenvalue weighted by Gasteiger charge is 2.30. The first-order valence-electron chi connectivity index (χ1n) is 9.88. The van der Waals surface area contributed by atoms with Crippen molar-refractivity contribution in [1.82, 2.24) is 18.2 Å². The van der Waals surface area contributed by atoms with Crippen LogP contribution in [0.5, 0.6) is 5.75 Å². The molecule has 11 heteroatoms. The Morgan fingerprint density at radius 2 is 1.97 bits per heavy atom. The topological polar surface area (TPSA) is 104 Å². The van der Waals surface area contributed by atoms with E-state index in [1.165, 1.54) is 27.3 Å². The van der Waals surface area contributed by atoms with Crippen LogP contribution in [0.3, 0.4) is 0 Å². The number of nitrogens with zero attached hydrogens (tertiary/aromatic N) is 4. The molecule has 0 aliphatic carbocycles. The first kappa shape index (κ1) is 23.5. The highest BCUT2D eigenvalue weighted by Crippen LogP contribution is 2.34. The lowest BCUT2D eigenvalue weighted by atomic mass is 10.1. The van der Waals surface area contributed by atoms with Gasteiger partial charge in [0.15, 0.2) is 5.82 Å². The molecule has 0 atom stereocenters. The Morgan fingerprint density at radius 3 is 2.65 bits per heavy atom. The maximum absolute atomic E-state index is 13.4. The summed E-state index contributed by atoms with van der Waals surface area (Å²) in [7, 11) is -0.106. The van der Waals surface area contributed by atoms with Crippen LogP contribution in [0, 0.1) is 12.3 Å². The summed E-state index contributed by atoms with van der Waals surface area (Å²) in [6.45, 7) is -0.0376. The van der Waals surface area contributed by atoms with E-state index in [9.17, 15) is 13.2 Å². The average molecular weight is 499 g/mol. The van der Waals surface area contributed by atoms with Gasteiger partial charge in [-0.25, -0.2) is 18.7 Å². The number of ether oxygens (including phenoxy) is 2. The summed E-state index contributed by atoms with van der Waals surface area (Å²) in [5, 5.41) is 1.03. The van der Waals surface area contributed by atoms with Gasteiger partial charge in [-0.2, -0.15) is 12.7 Å². The predicted molar refractivity (Wildman–Crippen MR) is 129 cm³/mol. The fraction of sp³-hybridized carbons (Fsp3) is 0.174. The molecule has 0 aliphatic rings. The van der Waals surface area contributed by atoms with Gasteiger partial charge in [-0.3, -0.25) is 0 Å². The molecule has 0 saturated heterocycles. The number of para-hydroxylation sites is 1. The second-order valence-electron chi connectivity index (χ2n) is 7.32. The highest BCUT2D eigenvalue weighted by atomic mass is 35.5. The van der Waals surface area contributed by atoms with Gasteiger partial charge in [-0.05, 0) is 36.4 Å². The van der Waals surface area contributed by atoms with E-state index in [1.807, 2.05) is 0 Å². The van der Waals surface area contributed by atoms with Gasteiger partial charge in [0, 0.05) is 24.5 Å². The minimum absolute atomic E-state index is 0.0196. The zero-order valence-corrected chi connectivity index (χ0v) is 20.0. The molecule has 2 heterocycles. The summed E-state index contributed by atoms with van der Waals surface area (Å²) < 4.78 is 39.4. The SMILES string of the molecule is C#CCOc1cccc2c1nc(-c1nc3ccc(Cl)cc3cc1C(=O)OC)n2S(=O)(=O)N(C)C. The summed E-state index contributed by atoms with van der Waals surface area (Å²) in [6, 6.07) is 11.3. The summed E-state index contributed by atoms with van der Waals surface area (Å²) in [4.78, 5) is 21.8. The van der Waals surface area contributed by atoms with Crippen LogP contribution in [0.25, 0.3) is 33.5 Å². The molecule has 0 fully saturated rings. The molecule has 9 nitrogen and oxygen atoms in total. The number of halogens is 1. The number of hydrogen-bond donors (Lipinski definition) is 0. The number of fused-ring (bicyclic) bond motifs is 2. The zero-order chi connectivity index (χ0) is 24.6. The third-order valence-corrected chi connectivity index (χ3v) is 6.99. The summed E-state index contributed by atoms with van der Waals surface area (Å²) in [5.41, 5.74) is 0.996. The molecule has 0 aliphatic heterocycles. The van der Waals surface area contributed by atoms with Gasteiger partial charge in [0.2, 0.25) is 0 Å². The largest absolute Gasteiger partial charge is 0.479 e. The van der Waals surface area contributed by atoms with Crippen LogP contribution in [0.4, 0.5) is 0 Å². The second kappa shape index (κ2) is 8.95. The number of terminal acetylenes is 1. The molecule has 2 aromatic heterocycles. The number of hydrogen-bond acceptors (Lipinski definition) is 7. The van der Waals surface area contributed by atoms with Crippen molar-refractivity contribution >= 4 is 49.7 Å². The van der Waals surface area contributed by atoms with Crippen LogP contribution >= 0.6 is 11.6 Å². The van der Waals surface area contributed by atoms with Crippen LogP contribution in [-0.2, 0) is 14.9 Å². The number of aromatic nitrogens is 3. The van der Waals surface area contributed by atoms with Crippen molar-refractivity contribution in [2.75, 3.05) is 27.8 Å². The molecule has 0 unspecified atom stereocenters. The Balaban J connectivity index is 2.15. The molecule has 174 valence electrons. The summed E-state index contributed by atoms with van der Waals surface area (Å²) in [6.07, 6.45) is 5.31. The van der Waals surface area contributed by atoms with Gasteiger partial charge < -0.3 is 9.47 Å². The van der Waals surface area contributed by atoms with E-state index in [-0.39, 0.29) is 40.5 Å². The van der Waals surface area contributed by atoms with E-state index in [4.69, 9.17) is 27.5 Å². The number of imidazole rings is 1. The molecule has 34 heavy (non-hydrogen) atoms. The number of carbonyl (C=O) groups excluding carboxylic acids is 1. The number of esters is 1. The van der Waals surface area contributed by atoms with Gasteiger partial charge in [0.25, 0.3) is 0 Å². The fourth-order valence-corrected chi connectivity index (χ4v) is 4.67. The first-order chi connectivity index (χ1) is 16.2. The van der Waals surface area contributed by atoms with Gasteiger partial charge in [0.05, 0.1) is 23.7 Å². The zero-order valence-electron chi connectivity index (χ0n) is 18.4. The van der Waals surface area contributed by atoms with Crippen LogP contribution < -0.4 is 4.74 Å². The Morgan fingerprint density at radius 1 is 1.21 bits per heavy atom. The van der Waals surface area contributed by atoms with E-state index in [0.29, 0.717) is 15.9 Å². The molecule has 4 rings (SSSR count). The molecule has 4 aromatic rings. The number of pyridine rings is 1. The van der Waals surface area contributed by atoms with E-state index < -0.39 is 16.2 Å². The Labute approximate surface area is 201 Å². The van der Waals surface area contributed by atoms with E-state index >= 15 is 0 Å². The molecular weight excluding hydrogens is 480 g/mol. The van der Waals surface area contributed by atoms with E-state index in [0.717, 1.165) is 8.28 Å². The number of rotatable bonds is 6. The molecule has 0 amide bonds. The van der Waals surface area contributed by atoms with Crippen LogP contribution in [0.2, 0.25) is 5.02 Å². The minimum atomic E-state index is -4.11. The fourth-order valence-electron chi connectivity index (χ4n) is 3.42. The summed E-state index contributed by atoms with van der Waals surface area (Å²) in [5.74, 6) is 1.86. The molecule has 0 saturated carbocycles. The lowest BCUT2D eigenvalue weighted by Gasteiger charge is -2.16. The average Bonchev–Trinajstić information content (AvgIpc) is 3.22. The predicted octanol–water partition coefficient (Wildman–Crippen LogP) is 3.36. The maximum Gasteiger partial charge on any atom is 0.340 e. The van der Waals surface area contributed by atoms with E-state index in [1.54, 1.807) is 36.4 Å². The summed E-state index contributed by atoms with van der Waals surface area (Å²) >= 11 is 6.10. The van der Waals surface area contributed by atoms with Crippen molar-refractivity contribution in [3.05, 3.63) is 53.1 Å². The third-order valence-electron chi connectivity index (χ3n) is 5.00. The monoisotopic (exact) mass is 498 g/mol. The van der Waals surface area contributed by atoms with Crippen molar-refractivity contribution in [3.8, 4) is 29.6 Å². The third kappa shape index (κ3) is 3.94. The van der Waals surface area contributed by atoms with Gasteiger partial charge in [-0.1, -0.05) is 23.6 Å². The lowest BCUT2D eigenvalue weighted by molar-refractivity contribution is 0.0601. The molecule has 0 radical (unpaired) electrons. The van der Waals surface area contributed by atoms with Crippen molar-refractivity contribution in [1.29, 1.82) is 0 Å². The number of carbonyl (C=O) groups is 1. The van der Waals surface area contributed by atoms with Gasteiger partial charge in [0.1, 0.15) is 23.6 Å². The number of benzene rings is 2. The molecule has 0 spiro atoms. The van der Waals surface area contributed by atoms with Crippen LogP contribution in [-0.4, -0.2) is 60.4 Å². The quantitative estimate of drug-likeness (QED) is 0.296. The van der Waals surface area contributed by atoms with Crippen molar-refractivity contribution < 1.29 is 22.7 Å². The van der Waals surface area contributed by atoms with Crippen LogP contribution in [0.15, 0.2) is 42.5 Å². The first-order valence-corrected chi connectivity index (χ1v) is 11.7. The Hall–Kier alpha value is -3.65. The van der Waals surface area contributed by atoms with Gasteiger partial charge in [-0.15, -0.1) is 6.42 Å². The standard InChI is InChI=1S/C23H19ClN4O5S/c1-5-11-33-19-8-6-7-18-21(19)26-22(28(18)34(30,31)27(2)3)20-16(23(29)32-4)13-14-12-15(24)9-10-17(14)25-20/h1,6-10,12-13H,11H2,2-4H3. The van der Waals surface area contributed by atoms with E-state index in [2.05, 4.69) is 15.9 Å². The molecule has 2 aromatic carbocycles. The van der Waals surface area contributed by atoms with Crippen molar-refractivity contribution in [2.45, 2.75) is 0 Å². The lowest BCUT2D eigenvalue weighted by Crippen LogP contribution is -2.29. The molecule has 0 N–H and O–H groups in total. The molecular formula is C23H19ClN4O5S.